The summed E-state index contributed by atoms with van der Waals surface area (Å²) >= 11 is 6.40. The predicted molar refractivity (Wildman–Crippen MR) is 137 cm³/mol. The molecule has 2 aromatic heterocycles. The second kappa shape index (κ2) is 9.34. The van der Waals surface area contributed by atoms with Crippen molar-refractivity contribution >= 4 is 56.8 Å². The summed E-state index contributed by atoms with van der Waals surface area (Å²) in [5.74, 6) is -0.571. The number of likely N-dealkylation sites (N-methyl/N-ethyl adjacent to an activating group) is 1. The smallest absolute Gasteiger partial charge is 0.244 e. The maximum absolute atomic E-state index is 13.5. The van der Waals surface area contributed by atoms with Gasteiger partial charge in [0, 0.05) is 48.7 Å². The van der Waals surface area contributed by atoms with Crippen LogP contribution >= 0.6 is 11.6 Å². The third kappa shape index (κ3) is 4.76. The number of ether oxygens (including phenoxy) is 1. The minimum atomic E-state index is -0.690. The molecule has 190 valence electrons. The van der Waals surface area contributed by atoms with Crippen LogP contribution < -0.4 is 5.32 Å². The molecule has 2 fully saturated rings. The van der Waals surface area contributed by atoms with Gasteiger partial charge in [-0.2, -0.15) is 0 Å². The van der Waals surface area contributed by atoms with Crippen LogP contribution in [0.4, 0.5) is 5.69 Å². The molecule has 4 heterocycles. The quantitative estimate of drug-likeness (QED) is 0.554. The van der Waals surface area contributed by atoms with Gasteiger partial charge in [0.25, 0.3) is 0 Å². The predicted octanol–water partition coefficient (Wildman–Crippen LogP) is 2.09. The van der Waals surface area contributed by atoms with Crippen molar-refractivity contribution in [3.8, 4) is 0 Å². The Kier molecular flexibility index (Phi) is 6.36. The molecule has 10 nitrogen and oxygen atoms in total. The lowest BCUT2D eigenvalue weighted by Gasteiger charge is -2.43. The summed E-state index contributed by atoms with van der Waals surface area (Å²) in [6.07, 6.45) is 3.43. The number of carbonyl (C=O) groups is 3. The molecule has 1 atom stereocenters. The van der Waals surface area contributed by atoms with E-state index in [2.05, 4.69) is 15.3 Å². The number of aromatic nitrogens is 2. The van der Waals surface area contributed by atoms with Gasteiger partial charge in [-0.25, -0.2) is 0 Å². The summed E-state index contributed by atoms with van der Waals surface area (Å²) in [5, 5.41) is 5.32. The molecule has 2 N–H and O–H groups in total. The molecule has 0 bridgehead atoms. The molecule has 3 amide bonds. The number of anilines is 1. The molecule has 2 aliphatic rings. The molecule has 11 heteroatoms. The van der Waals surface area contributed by atoms with E-state index in [1.807, 2.05) is 30.9 Å². The van der Waals surface area contributed by atoms with Gasteiger partial charge in [-0.1, -0.05) is 11.6 Å². The van der Waals surface area contributed by atoms with Gasteiger partial charge in [0.15, 0.2) is 0 Å². The maximum Gasteiger partial charge on any atom is 0.244 e. The number of morpholine rings is 1. The van der Waals surface area contributed by atoms with Crippen molar-refractivity contribution in [1.82, 2.24) is 24.7 Å². The fraction of sp³-hybridized carbons (Fsp3) is 0.440. The fourth-order valence-corrected chi connectivity index (χ4v) is 5.06. The summed E-state index contributed by atoms with van der Waals surface area (Å²) in [6, 6.07) is 4.75. The number of piperazine rings is 1. The summed E-state index contributed by atoms with van der Waals surface area (Å²) in [5.41, 5.74) is 1.59. The van der Waals surface area contributed by atoms with Gasteiger partial charge >= 0.3 is 0 Å². The van der Waals surface area contributed by atoms with Crippen molar-refractivity contribution in [2.24, 2.45) is 0 Å². The minimum Gasteiger partial charge on any atom is -0.372 e. The number of amides is 3. The van der Waals surface area contributed by atoms with Gasteiger partial charge in [-0.15, -0.1) is 0 Å². The van der Waals surface area contributed by atoms with Crippen LogP contribution in [0.15, 0.2) is 30.6 Å². The Balaban J connectivity index is 1.38. The first kappa shape index (κ1) is 24.5. The Labute approximate surface area is 213 Å². The summed E-state index contributed by atoms with van der Waals surface area (Å²) in [7, 11) is 1.73. The summed E-state index contributed by atoms with van der Waals surface area (Å²) in [6.45, 7) is 5.42. The number of benzene rings is 1. The van der Waals surface area contributed by atoms with Gasteiger partial charge in [-0.05, 0) is 32.0 Å². The lowest BCUT2D eigenvalue weighted by molar-refractivity contribution is -0.154. The van der Waals surface area contributed by atoms with E-state index in [-0.39, 0.29) is 37.4 Å². The molecule has 2 aliphatic heterocycles. The molecule has 5 rings (SSSR count). The van der Waals surface area contributed by atoms with E-state index >= 15 is 0 Å². The number of H-pyrrole nitrogens is 1. The van der Waals surface area contributed by atoms with Crippen molar-refractivity contribution in [3.63, 3.8) is 0 Å². The zero-order valence-corrected chi connectivity index (χ0v) is 21.3. The molecule has 36 heavy (non-hydrogen) atoms. The summed E-state index contributed by atoms with van der Waals surface area (Å²) in [4.78, 5) is 51.2. The largest absolute Gasteiger partial charge is 0.372 e. The molecule has 2 saturated heterocycles. The van der Waals surface area contributed by atoms with Crippen LogP contribution in [0.3, 0.4) is 0 Å². The molecule has 1 aromatic carbocycles. The number of rotatable bonds is 4. The minimum absolute atomic E-state index is 0.0187. The molecular weight excluding hydrogens is 484 g/mol. The second-order valence-electron chi connectivity index (χ2n) is 10.0. The van der Waals surface area contributed by atoms with Crippen LogP contribution in [0.1, 0.15) is 13.8 Å². The average molecular weight is 513 g/mol. The first-order valence-electron chi connectivity index (χ1n) is 11.9. The maximum atomic E-state index is 13.5. The monoisotopic (exact) mass is 512 g/mol. The number of aromatic amines is 1. The lowest BCUT2D eigenvalue weighted by Crippen LogP contribution is -2.61. The molecule has 0 saturated carbocycles. The number of carbonyl (C=O) groups excluding carboxylic acids is 3. The SMILES string of the molecule is CN1CCN(C(=O)CN2CC(C)(C)OC[C@H]2C(=O)Nc2cc(Cl)cc3c2[nH]c2cnccc23)CC1=O. The Bertz CT molecular complexity index is 1360. The Morgan fingerprint density at radius 1 is 1.28 bits per heavy atom. The van der Waals surface area contributed by atoms with Crippen molar-refractivity contribution in [1.29, 1.82) is 0 Å². The van der Waals surface area contributed by atoms with Gasteiger partial charge in [0.05, 0.1) is 48.2 Å². The van der Waals surface area contributed by atoms with Crippen LogP contribution in [0.25, 0.3) is 21.8 Å². The molecular formula is C25H29ClN6O4. The van der Waals surface area contributed by atoms with Gasteiger partial charge in [0.2, 0.25) is 17.7 Å². The zero-order chi connectivity index (χ0) is 25.6. The first-order chi connectivity index (χ1) is 17.1. The topological polar surface area (TPSA) is 111 Å². The molecule has 0 aliphatic carbocycles. The van der Waals surface area contributed by atoms with Crippen LogP contribution in [0.2, 0.25) is 5.02 Å². The number of hydrogen-bond donors (Lipinski definition) is 2. The summed E-state index contributed by atoms with van der Waals surface area (Å²) < 4.78 is 5.95. The van der Waals surface area contributed by atoms with E-state index in [0.29, 0.717) is 30.3 Å². The zero-order valence-electron chi connectivity index (χ0n) is 20.5. The highest BCUT2D eigenvalue weighted by Gasteiger charge is 2.39. The van der Waals surface area contributed by atoms with E-state index in [9.17, 15) is 14.4 Å². The fourth-order valence-electron chi connectivity index (χ4n) is 4.84. The van der Waals surface area contributed by atoms with Crippen molar-refractivity contribution < 1.29 is 19.1 Å². The lowest BCUT2D eigenvalue weighted by atomic mass is 10.0. The van der Waals surface area contributed by atoms with Gasteiger partial charge in [0.1, 0.15) is 6.04 Å². The third-order valence-corrected chi connectivity index (χ3v) is 7.06. The Morgan fingerprint density at radius 3 is 2.86 bits per heavy atom. The molecule has 0 radical (unpaired) electrons. The number of nitrogens with one attached hydrogen (secondary N) is 2. The van der Waals surface area contributed by atoms with Crippen molar-refractivity contribution in [3.05, 3.63) is 35.6 Å². The van der Waals surface area contributed by atoms with Crippen LogP contribution in [-0.2, 0) is 19.1 Å². The number of halogens is 1. The van der Waals surface area contributed by atoms with Gasteiger partial charge < -0.3 is 24.8 Å². The number of nitrogens with zero attached hydrogens (tertiary/aromatic N) is 4. The number of fused-ring (bicyclic) bond motifs is 3. The highest BCUT2D eigenvalue weighted by Crippen LogP contribution is 2.33. The average Bonchev–Trinajstić information content (AvgIpc) is 3.19. The number of pyridine rings is 1. The molecule has 0 spiro atoms. The highest BCUT2D eigenvalue weighted by molar-refractivity contribution is 6.33. The van der Waals surface area contributed by atoms with E-state index in [4.69, 9.17) is 16.3 Å². The van der Waals surface area contributed by atoms with E-state index in [1.54, 1.807) is 35.3 Å². The molecule has 3 aromatic rings. The highest BCUT2D eigenvalue weighted by atomic mass is 35.5. The van der Waals surface area contributed by atoms with Gasteiger partial charge in [-0.3, -0.25) is 24.3 Å². The first-order valence-corrected chi connectivity index (χ1v) is 12.2. The third-order valence-electron chi connectivity index (χ3n) is 6.84. The van der Waals surface area contributed by atoms with E-state index in [1.165, 1.54) is 0 Å². The van der Waals surface area contributed by atoms with Crippen molar-refractivity contribution in [2.45, 2.75) is 25.5 Å². The van der Waals surface area contributed by atoms with Crippen LogP contribution in [0, 0.1) is 0 Å². The van der Waals surface area contributed by atoms with E-state index < -0.39 is 11.6 Å². The Hall–Kier alpha value is -3.21. The molecule has 0 unspecified atom stereocenters. The Morgan fingerprint density at radius 2 is 2.08 bits per heavy atom. The number of hydrogen-bond acceptors (Lipinski definition) is 6. The van der Waals surface area contributed by atoms with Crippen molar-refractivity contribution in [2.75, 3.05) is 51.7 Å². The van der Waals surface area contributed by atoms with E-state index in [0.717, 1.165) is 21.8 Å². The standard InChI is InChI=1S/C25H29ClN6O4/c1-25(2)14-32(12-22(34)31-7-6-30(3)21(33)11-31)20(13-36-25)24(35)29-18-9-15(26)8-17-16-4-5-27-10-19(16)28-23(17)18/h4-5,8-10,20,28H,6-7,11-14H2,1-3H3,(H,29,35)/t20-/m0/s1. The normalized spacial score (nSPS) is 20.8. The van der Waals surface area contributed by atoms with Crippen LogP contribution in [-0.4, -0.2) is 100 Å². The van der Waals surface area contributed by atoms with Crippen LogP contribution in [0.5, 0.6) is 0 Å². The second-order valence-corrected chi connectivity index (χ2v) is 10.5.